The number of pyridine rings is 1. The smallest absolute Gasteiger partial charge is 0.259 e. The van der Waals surface area contributed by atoms with Crippen LogP contribution < -0.4 is 9.64 Å². The fraction of sp³-hybridized carbons (Fsp3) is 0.250. The Morgan fingerprint density at radius 2 is 1.77 bits per heavy atom. The van der Waals surface area contributed by atoms with Crippen LogP contribution in [0.3, 0.4) is 0 Å². The molecule has 0 unspecified atom stereocenters. The van der Waals surface area contributed by atoms with Gasteiger partial charge in [-0.05, 0) is 61.4 Å². The summed E-state index contributed by atoms with van der Waals surface area (Å²) in [5.74, 6) is 0.920. The maximum absolute atomic E-state index is 13.2. The van der Waals surface area contributed by atoms with Gasteiger partial charge in [0, 0.05) is 42.5 Å². The van der Waals surface area contributed by atoms with Crippen molar-refractivity contribution < 1.29 is 9.53 Å². The predicted molar refractivity (Wildman–Crippen MR) is 122 cm³/mol. The van der Waals surface area contributed by atoms with E-state index >= 15 is 0 Å². The van der Waals surface area contributed by atoms with E-state index < -0.39 is 0 Å². The van der Waals surface area contributed by atoms with Crippen LogP contribution >= 0.6 is 15.9 Å². The second-order valence-corrected chi connectivity index (χ2v) is 8.33. The van der Waals surface area contributed by atoms with E-state index in [1.54, 1.807) is 18.3 Å². The maximum Gasteiger partial charge on any atom is 0.259 e. The molecule has 1 saturated heterocycles. The maximum atomic E-state index is 13.2. The Morgan fingerprint density at radius 1 is 1.00 bits per heavy atom. The third kappa shape index (κ3) is 4.33. The third-order valence-corrected chi connectivity index (χ3v) is 5.99. The number of rotatable bonds is 4. The first-order valence-electron chi connectivity index (χ1n) is 10.0. The molecule has 1 fully saturated rings. The van der Waals surface area contributed by atoms with Crippen molar-refractivity contribution in [3.8, 4) is 11.6 Å². The van der Waals surface area contributed by atoms with Crippen molar-refractivity contribution in [3.63, 3.8) is 0 Å². The average molecular weight is 466 g/mol. The van der Waals surface area contributed by atoms with E-state index in [9.17, 15) is 4.79 Å². The zero-order chi connectivity index (χ0) is 21.1. The van der Waals surface area contributed by atoms with E-state index in [1.807, 2.05) is 29.2 Å². The minimum absolute atomic E-state index is 0.0475. The van der Waals surface area contributed by atoms with Crippen LogP contribution in [0.15, 0.2) is 65.3 Å². The summed E-state index contributed by atoms with van der Waals surface area (Å²) in [5, 5.41) is 0. The van der Waals surface area contributed by atoms with E-state index in [-0.39, 0.29) is 5.91 Å². The van der Waals surface area contributed by atoms with Gasteiger partial charge >= 0.3 is 0 Å². The van der Waals surface area contributed by atoms with Crippen LogP contribution in [0.5, 0.6) is 11.6 Å². The molecule has 1 aliphatic heterocycles. The van der Waals surface area contributed by atoms with Crippen molar-refractivity contribution >= 4 is 27.5 Å². The molecule has 0 aliphatic carbocycles. The topological polar surface area (TPSA) is 45.7 Å². The third-order valence-electron chi connectivity index (χ3n) is 5.50. The lowest BCUT2D eigenvalue weighted by Gasteiger charge is -2.37. The molecular formula is C24H24BrN3O2. The average Bonchev–Trinajstić information content (AvgIpc) is 2.76. The Morgan fingerprint density at radius 3 is 2.53 bits per heavy atom. The van der Waals surface area contributed by atoms with Crippen LogP contribution in [0, 0.1) is 13.8 Å². The van der Waals surface area contributed by atoms with Crippen LogP contribution in [0.25, 0.3) is 0 Å². The fourth-order valence-electron chi connectivity index (χ4n) is 3.68. The number of anilines is 1. The molecule has 30 heavy (non-hydrogen) atoms. The molecule has 2 heterocycles. The highest BCUT2D eigenvalue weighted by molar-refractivity contribution is 9.10. The molecule has 1 aliphatic rings. The zero-order valence-electron chi connectivity index (χ0n) is 17.1. The Hall–Kier alpha value is -2.86. The number of amides is 1. The first kappa shape index (κ1) is 20.4. The van der Waals surface area contributed by atoms with Crippen molar-refractivity contribution in [2.45, 2.75) is 13.8 Å². The van der Waals surface area contributed by atoms with Gasteiger partial charge in [0.2, 0.25) is 5.88 Å². The summed E-state index contributed by atoms with van der Waals surface area (Å²) in [6.45, 7) is 7.22. The second-order valence-electron chi connectivity index (χ2n) is 7.41. The molecule has 1 aromatic heterocycles. The number of halogens is 1. The van der Waals surface area contributed by atoms with Crippen molar-refractivity contribution in [3.05, 3.63) is 82.0 Å². The summed E-state index contributed by atoms with van der Waals surface area (Å²) in [5.41, 5.74) is 4.32. The molecule has 0 saturated carbocycles. The Labute approximate surface area is 185 Å². The summed E-state index contributed by atoms with van der Waals surface area (Å²) in [6, 6.07) is 17.4. The second kappa shape index (κ2) is 8.88. The van der Waals surface area contributed by atoms with Crippen molar-refractivity contribution in [1.82, 2.24) is 9.88 Å². The molecule has 154 valence electrons. The van der Waals surface area contributed by atoms with Crippen LogP contribution in [-0.4, -0.2) is 42.0 Å². The molecule has 5 nitrogen and oxygen atoms in total. The van der Waals surface area contributed by atoms with Gasteiger partial charge < -0.3 is 14.5 Å². The Balaban J connectivity index is 1.48. The quantitative estimate of drug-likeness (QED) is 0.529. The van der Waals surface area contributed by atoms with Crippen LogP contribution in [-0.2, 0) is 0 Å². The minimum Gasteiger partial charge on any atom is -0.438 e. The van der Waals surface area contributed by atoms with Crippen LogP contribution in [0.2, 0.25) is 0 Å². The number of carbonyl (C=O) groups excluding carboxylic acids is 1. The summed E-state index contributed by atoms with van der Waals surface area (Å²) < 4.78 is 6.83. The fourth-order valence-corrected chi connectivity index (χ4v) is 4.05. The number of nitrogens with zero attached hydrogens (tertiary/aromatic N) is 3. The van der Waals surface area contributed by atoms with Gasteiger partial charge in [-0.3, -0.25) is 4.79 Å². The number of ether oxygens (including phenoxy) is 1. The summed E-state index contributed by atoms with van der Waals surface area (Å²) in [7, 11) is 0. The number of aromatic nitrogens is 1. The molecule has 0 atom stereocenters. The van der Waals surface area contributed by atoms with Gasteiger partial charge in [-0.15, -0.1) is 0 Å². The first-order valence-corrected chi connectivity index (χ1v) is 10.8. The number of piperazine rings is 1. The molecule has 0 spiro atoms. The predicted octanol–water partition coefficient (Wildman–Crippen LogP) is 5.22. The molecule has 0 radical (unpaired) electrons. The van der Waals surface area contributed by atoms with Gasteiger partial charge in [-0.25, -0.2) is 4.98 Å². The monoisotopic (exact) mass is 465 g/mol. The van der Waals surface area contributed by atoms with Gasteiger partial charge in [0.05, 0.1) is 0 Å². The van der Waals surface area contributed by atoms with Crippen molar-refractivity contribution in [1.29, 1.82) is 0 Å². The number of aryl methyl sites for hydroxylation is 1. The van der Waals surface area contributed by atoms with Crippen LogP contribution in [0.4, 0.5) is 5.69 Å². The van der Waals surface area contributed by atoms with E-state index in [2.05, 4.69) is 57.9 Å². The lowest BCUT2D eigenvalue weighted by molar-refractivity contribution is 0.0743. The molecule has 0 bridgehead atoms. The molecule has 3 aromatic rings. The lowest BCUT2D eigenvalue weighted by Crippen LogP contribution is -2.49. The van der Waals surface area contributed by atoms with Gasteiger partial charge in [0.25, 0.3) is 5.91 Å². The molecule has 4 rings (SSSR count). The van der Waals surface area contributed by atoms with E-state index in [1.165, 1.54) is 16.8 Å². The number of hydrogen-bond acceptors (Lipinski definition) is 4. The highest BCUT2D eigenvalue weighted by atomic mass is 79.9. The van der Waals surface area contributed by atoms with Crippen LogP contribution in [0.1, 0.15) is 21.5 Å². The van der Waals surface area contributed by atoms with Crippen molar-refractivity contribution in [2.75, 3.05) is 31.1 Å². The summed E-state index contributed by atoms with van der Waals surface area (Å²) in [4.78, 5) is 21.8. The SMILES string of the molecule is Cc1cccc(N2CCN(C(=O)c3cccnc3Oc3cccc(Br)c3)CC2)c1C. The molecular weight excluding hydrogens is 442 g/mol. The largest absolute Gasteiger partial charge is 0.438 e. The van der Waals surface area contributed by atoms with E-state index in [0.717, 1.165) is 17.6 Å². The van der Waals surface area contributed by atoms with Gasteiger partial charge in [0.1, 0.15) is 11.3 Å². The highest BCUT2D eigenvalue weighted by Gasteiger charge is 2.25. The first-order chi connectivity index (χ1) is 14.5. The van der Waals surface area contributed by atoms with Gasteiger partial charge in [0.15, 0.2) is 0 Å². The van der Waals surface area contributed by atoms with Crippen molar-refractivity contribution in [2.24, 2.45) is 0 Å². The zero-order valence-corrected chi connectivity index (χ0v) is 18.7. The summed E-state index contributed by atoms with van der Waals surface area (Å²) >= 11 is 3.44. The van der Waals surface area contributed by atoms with E-state index in [0.29, 0.717) is 30.3 Å². The lowest BCUT2D eigenvalue weighted by atomic mass is 10.1. The normalized spacial score (nSPS) is 14.0. The van der Waals surface area contributed by atoms with Gasteiger partial charge in [-0.1, -0.05) is 34.1 Å². The number of carbonyl (C=O) groups is 1. The van der Waals surface area contributed by atoms with E-state index in [4.69, 9.17) is 4.74 Å². The molecule has 6 heteroatoms. The summed E-state index contributed by atoms with van der Waals surface area (Å²) in [6.07, 6.45) is 1.64. The highest BCUT2D eigenvalue weighted by Crippen LogP contribution is 2.28. The molecule has 1 amide bonds. The minimum atomic E-state index is -0.0475. The number of hydrogen-bond donors (Lipinski definition) is 0. The van der Waals surface area contributed by atoms with Gasteiger partial charge in [-0.2, -0.15) is 0 Å². The standard InChI is InChI=1S/C24H24BrN3O2/c1-17-6-3-10-22(18(17)2)27-12-14-28(15-13-27)24(29)21-9-5-11-26-23(21)30-20-8-4-7-19(25)16-20/h3-11,16H,12-15H2,1-2H3. The Kier molecular flexibility index (Phi) is 6.04. The molecule has 0 N–H and O–H groups in total. The Bertz CT molecular complexity index is 1060. The molecule has 2 aromatic carbocycles. The number of benzene rings is 2.